The molecule has 0 spiro atoms. The Kier molecular flexibility index (Phi) is 7.76. The molecule has 6 heteroatoms. The number of hydrogen-bond acceptors (Lipinski definition) is 3. The number of carbonyl (C=O) groups excluding carboxylic acids is 1. The van der Waals surface area contributed by atoms with E-state index in [9.17, 15) is 4.79 Å². The van der Waals surface area contributed by atoms with Crippen molar-refractivity contribution in [1.82, 2.24) is 5.43 Å². The third-order valence-corrected chi connectivity index (χ3v) is 4.04. The van der Waals surface area contributed by atoms with Crippen LogP contribution in [0, 0.1) is 0 Å². The van der Waals surface area contributed by atoms with Crippen molar-refractivity contribution in [2.75, 3.05) is 6.61 Å². The average Bonchev–Trinajstić information content (AvgIpc) is 2.61. The van der Waals surface area contributed by atoms with Crippen LogP contribution in [0.5, 0.6) is 5.75 Å². The monoisotopic (exact) mass is 378 g/mol. The van der Waals surface area contributed by atoms with Gasteiger partial charge in [-0.15, -0.1) is 0 Å². The summed E-state index contributed by atoms with van der Waals surface area (Å²) in [6.07, 6.45) is 2.61. The first-order valence-electron chi connectivity index (χ1n) is 8.01. The molecule has 1 N–H and O–H groups in total. The van der Waals surface area contributed by atoms with Gasteiger partial charge >= 0.3 is 0 Å². The predicted molar refractivity (Wildman–Crippen MR) is 103 cm³/mol. The van der Waals surface area contributed by atoms with Crippen molar-refractivity contribution in [3.05, 3.63) is 64.1 Å². The summed E-state index contributed by atoms with van der Waals surface area (Å²) in [5, 5.41) is 5.02. The number of hydrogen-bond donors (Lipinski definition) is 1. The molecule has 1 atom stereocenters. The molecular weight excluding hydrogens is 359 g/mol. The largest absolute Gasteiger partial charge is 0.492 e. The van der Waals surface area contributed by atoms with Crippen molar-refractivity contribution < 1.29 is 9.53 Å². The lowest BCUT2D eigenvalue weighted by Gasteiger charge is -2.08. The van der Waals surface area contributed by atoms with Crippen LogP contribution < -0.4 is 10.2 Å². The van der Waals surface area contributed by atoms with Crippen LogP contribution in [0.15, 0.2) is 53.6 Å². The number of amides is 1. The van der Waals surface area contributed by atoms with Crippen LogP contribution in [0.2, 0.25) is 10.0 Å². The van der Waals surface area contributed by atoms with E-state index in [1.807, 2.05) is 37.3 Å². The second-order valence-corrected chi connectivity index (χ2v) is 6.38. The van der Waals surface area contributed by atoms with Gasteiger partial charge in [-0.05, 0) is 30.2 Å². The summed E-state index contributed by atoms with van der Waals surface area (Å²) in [6.45, 7) is 2.41. The minimum Gasteiger partial charge on any atom is -0.492 e. The molecule has 25 heavy (non-hydrogen) atoms. The predicted octanol–water partition coefficient (Wildman–Crippen LogP) is 5.06. The first-order chi connectivity index (χ1) is 12.1. The minimum absolute atomic E-state index is 0.136. The van der Waals surface area contributed by atoms with E-state index in [1.54, 1.807) is 24.4 Å². The third kappa shape index (κ3) is 6.77. The SMILES string of the molecule is C[C@H](/C=N\NC(=O)CCCOc1ccc(Cl)cc1Cl)c1ccccc1. The number of rotatable bonds is 8. The van der Waals surface area contributed by atoms with E-state index in [0.717, 1.165) is 5.56 Å². The highest BCUT2D eigenvalue weighted by Crippen LogP contribution is 2.27. The van der Waals surface area contributed by atoms with E-state index in [0.29, 0.717) is 35.2 Å². The maximum absolute atomic E-state index is 11.8. The molecule has 4 nitrogen and oxygen atoms in total. The Balaban J connectivity index is 1.66. The van der Waals surface area contributed by atoms with Crippen LogP contribution in [0.4, 0.5) is 0 Å². The summed E-state index contributed by atoms with van der Waals surface area (Å²) in [5.41, 5.74) is 3.68. The lowest BCUT2D eigenvalue weighted by atomic mass is 10.0. The van der Waals surface area contributed by atoms with Gasteiger partial charge in [-0.2, -0.15) is 5.10 Å². The van der Waals surface area contributed by atoms with Gasteiger partial charge < -0.3 is 4.74 Å². The number of carbonyl (C=O) groups is 1. The summed E-state index contributed by atoms with van der Waals surface area (Å²) in [4.78, 5) is 11.8. The van der Waals surface area contributed by atoms with Crippen molar-refractivity contribution in [3.8, 4) is 5.75 Å². The highest BCUT2D eigenvalue weighted by Gasteiger charge is 2.05. The zero-order chi connectivity index (χ0) is 18.1. The maximum Gasteiger partial charge on any atom is 0.240 e. The minimum atomic E-state index is -0.151. The van der Waals surface area contributed by atoms with E-state index >= 15 is 0 Å². The van der Waals surface area contributed by atoms with Crippen LogP contribution in [0.25, 0.3) is 0 Å². The van der Waals surface area contributed by atoms with Gasteiger partial charge in [0.2, 0.25) is 5.91 Å². The average molecular weight is 379 g/mol. The zero-order valence-corrected chi connectivity index (χ0v) is 15.4. The number of hydrazone groups is 1. The Hall–Kier alpha value is -2.04. The molecule has 0 saturated carbocycles. The van der Waals surface area contributed by atoms with Crippen LogP contribution in [-0.4, -0.2) is 18.7 Å². The van der Waals surface area contributed by atoms with Crippen molar-refractivity contribution in [3.63, 3.8) is 0 Å². The first kappa shape index (κ1) is 19.3. The molecule has 0 radical (unpaired) electrons. The molecule has 132 valence electrons. The Morgan fingerprint density at radius 2 is 2.00 bits per heavy atom. The lowest BCUT2D eigenvalue weighted by molar-refractivity contribution is -0.121. The number of nitrogens with one attached hydrogen (secondary N) is 1. The van der Waals surface area contributed by atoms with Gasteiger partial charge in [0.25, 0.3) is 0 Å². The van der Waals surface area contributed by atoms with Gasteiger partial charge in [-0.3, -0.25) is 4.79 Å². The normalized spacial score (nSPS) is 12.1. The van der Waals surface area contributed by atoms with Gasteiger partial charge in [-0.1, -0.05) is 60.5 Å². The number of benzene rings is 2. The molecule has 0 saturated heterocycles. The molecule has 0 aliphatic carbocycles. The fourth-order valence-electron chi connectivity index (χ4n) is 2.13. The third-order valence-electron chi connectivity index (χ3n) is 3.51. The second-order valence-electron chi connectivity index (χ2n) is 5.54. The van der Waals surface area contributed by atoms with Crippen LogP contribution in [0.1, 0.15) is 31.2 Å². The summed E-state index contributed by atoms with van der Waals surface area (Å²) >= 11 is 11.8. The van der Waals surface area contributed by atoms with Gasteiger partial charge in [0.05, 0.1) is 11.6 Å². The summed E-state index contributed by atoms with van der Waals surface area (Å²) in [5.74, 6) is 0.542. The molecule has 0 unspecified atom stereocenters. The van der Waals surface area contributed by atoms with E-state index in [1.165, 1.54) is 0 Å². The van der Waals surface area contributed by atoms with Gasteiger partial charge in [-0.25, -0.2) is 5.43 Å². The molecular formula is C19H20Cl2N2O2. The van der Waals surface area contributed by atoms with E-state index < -0.39 is 0 Å². The van der Waals surface area contributed by atoms with Crippen molar-refractivity contribution in [2.24, 2.45) is 5.10 Å². The lowest BCUT2D eigenvalue weighted by Crippen LogP contribution is -2.18. The standard InChI is InChI=1S/C19H20Cl2N2O2/c1-14(15-6-3-2-4-7-15)13-22-23-19(24)8-5-11-25-18-10-9-16(20)12-17(18)21/h2-4,6-7,9-10,12-14H,5,8,11H2,1H3,(H,23,24)/b22-13-/t14-/m1/s1. The molecule has 0 heterocycles. The Labute approximate surface area is 157 Å². The van der Waals surface area contributed by atoms with Crippen molar-refractivity contribution >= 4 is 35.3 Å². The molecule has 0 aromatic heterocycles. The Morgan fingerprint density at radius 3 is 2.72 bits per heavy atom. The van der Waals surface area contributed by atoms with Gasteiger partial charge in [0.15, 0.2) is 0 Å². The molecule has 1 amide bonds. The quantitative estimate of drug-likeness (QED) is 0.396. The fourth-order valence-corrected chi connectivity index (χ4v) is 2.59. The smallest absolute Gasteiger partial charge is 0.240 e. The number of halogens is 2. The Morgan fingerprint density at radius 1 is 1.24 bits per heavy atom. The number of nitrogens with zero attached hydrogens (tertiary/aromatic N) is 1. The number of ether oxygens (including phenoxy) is 1. The fraction of sp³-hybridized carbons (Fsp3) is 0.263. The van der Waals surface area contributed by atoms with E-state index in [-0.39, 0.29) is 11.8 Å². The molecule has 0 aliphatic heterocycles. The van der Waals surface area contributed by atoms with Crippen molar-refractivity contribution in [2.45, 2.75) is 25.7 Å². The molecule has 2 rings (SSSR count). The zero-order valence-electron chi connectivity index (χ0n) is 13.9. The van der Waals surface area contributed by atoms with Crippen LogP contribution >= 0.6 is 23.2 Å². The summed E-state index contributed by atoms with van der Waals surface area (Å²) in [6, 6.07) is 15.0. The van der Waals surface area contributed by atoms with Gasteiger partial charge in [0, 0.05) is 23.6 Å². The molecule has 2 aromatic carbocycles. The summed E-state index contributed by atoms with van der Waals surface area (Å²) in [7, 11) is 0. The van der Waals surface area contributed by atoms with E-state index in [4.69, 9.17) is 27.9 Å². The molecule has 0 fully saturated rings. The van der Waals surface area contributed by atoms with E-state index in [2.05, 4.69) is 10.5 Å². The van der Waals surface area contributed by atoms with Gasteiger partial charge in [0.1, 0.15) is 5.75 Å². The Bertz CT molecular complexity index is 721. The molecule has 2 aromatic rings. The molecule has 0 aliphatic rings. The first-order valence-corrected chi connectivity index (χ1v) is 8.76. The molecule has 0 bridgehead atoms. The van der Waals surface area contributed by atoms with Crippen LogP contribution in [-0.2, 0) is 4.79 Å². The highest BCUT2D eigenvalue weighted by molar-refractivity contribution is 6.35. The maximum atomic E-state index is 11.8. The topological polar surface area (TPSA) is 50.7 Å². The second kappa shape index (κ2) is 10.1. The van der Waals surface area contributed by atoms with Crippen molar-refractivity contribution in [1.29, 1.82) is 0 Å². The van der Waals surface area contributed by atoms with Crippen LogP contribution in [0.3, 0.4) is 0 Å². The highest BCUT2D eigenvalue weighted by atomic mass is 35.5. The summed E-state index contributed by atoms with van der Waals surface area (Å²) < 4.78 is 5.53.